The largest absolute Gasteiger partial charge is 0.494 e. The number of aromatic nitrogens is 1. The minimum atomic E-state index is -0.515. The molecule has 7 nitrogen and oxygen atoms in total. The molecule has 1 aromatic heterocycles. The zero-order valence-corrected chi connectivity index (χ0v) is 10.2. The maximum atomic E-state index is 11.6. The highest BCUT2D eigenvalue weighted by molar-refractivity contribution is 5.94. The van der Waals surface area contributed by atoms with Crippen molar-refractivity contribution in [3.63, 3.8) is 0 Å². The van der Waals surface area contributed by atoms with E-state index in [9.17, 15) is 9.59 Å². The molecular weight excluding hydrogens is 238 g/mol. The molecule has 1 amide bonds. The molecule has 0 saturated carbocycles. The Balaban J connectivity index is 2.34. The van der Waals surface area contributed by atoms with Gasteiger partial charge in [0.1, 0.15) is 0 Å². The molecule has 0 unspecified atom stereocenters. The van der Waals surface area contributed by atoms with Crippen LogP contribution in [0, 0.1) is 0 Å². The van der Waals surface area contributed by atoms with E-state index in [1.807, 2.05) is 0 Å². The van der Waals surface area contributed by atoms with E-state index in [0.717, 1.165) is 6.07 Å². The fraction of sp³-hybridized carbons (Fsp3) is 0.455. The first-order valence-electron chi connectivity index (χ1n) is 5.54. The fourth-order valence-corrected chi connectivity index (χ4v) is 1.33. The lowest BCUT2D eigenvalue weighted by Gasteiger charge is -2.06. The second-order valence-electron chi connectivity index (χ2n) is 3.62. The molecule has 0 aliphatic carbocycles. The van der Waals surface area contributed by atoms with Crippen LogP contribution in [0.1, 0.15) is 10.4 Å². The van der Waals surface area contributed by atoms with Gasteiger partial charge in [0.25, 0.3) is 11.5 Å². The Kier molecular flexibility index (Phi) is 5.89. The first-order chi connectivity index (χ1) is 8.63. The first-order valence-corrected chi connectivity index (χ1v) is 5.54. The summed E-state index contributed by atoms with van der Waals surface area (Å²) in [5.74, 6) is -0.726. The van der Waals surface area contributed by atoms with Gasteiger partial charge in [0, 0.05) is 38.9 Å². The van der Waals surface area contributed by atoms with Crippen molar-refractivity contribution in [2.24, 2.45) is 0 Å². The quantitative estimate of drug-likeness (QED) is 0.470. The van der Waals surface area contributed by atoms with Gasteiger partial charge in [-0.25, -0.2) is 0 Å². The molecule has 7 heteroatoms. The van der Waals surface area contributed by atoms with Gasteiger partial charge in [0.15, 0.2) is 5.88 Å². The molecule has 0 atom stereocenters. The van der Waals surface area contributed by atoms with Crippen LogP contribution in [-0.2, 0) is 4.74 Å². The van der Waals surface area contributed by atoms with E-state index < -0.39 is 11.5 Å². The topological polar surface area (TPSA) is 103 Å². The Bertz CT molecular complexity index is 444. The summed E-state index contributed by atoms with van der Waals surface area (Å²) >= 11 is 0. The Morgan fingerprint density at radius 2 is 2.17 bits per heavy atom. The monoisotopic (exact) mass is 255 g/mol. The SMILES string of the molecule is COCCNCCNC(=O)c1cc(O)[nH]c(=O)c1. The average Bonchev–Trinajstić information content (AvgIpc) is 2.32. The Labute approximate surface area is 104 Å². The number of pyridine rings is 1. The molecule has 1 aromatic rings. The van der Waals surface area contributed by atoms with E-state index >= 15 is 0 Å². The highest BCUT2D eigenvalue weighted by atomic mass is 16.5. The van der Waals surface area contributed by atoms with Crippen molar-refractivity contribution in [3.05, 3.63) is 28.0 Å². The molecule has 0 fully saturated rings. The highest BCUT2D eigenvalue weighted by Crippen LogP contribution is 2.03. The summed E-state index contributed by atoms with van der Waals surface area (Å²) in [6, 6.07) is 2.34. The zero-order chi connectivity index (χ0) is 13.4. The zero-order valence-electron chi connectivity index (χ0n) is 10.2. The third-order valence-electron chi connectivity index (χ3n) is 2.16. The van der Waals surface area contributed by atoms with Crippen molar-refractivity contribution in [1.29, 1.82) is 0 Å². The fourth-order valence-electron chi connectivity index (χ4n) is 1.33. The van der Waals surface area contributed by atoms with Crippen LogP contribution >= 0.6 is 0 Å². The predicted molar refractivity (Wildman–Crippen MR) is 65.8 cm³/mol. The number of rotatable bonds is 7. The van der Waals surface area contributed by atoms with Crippen LogP contribution in [0.3, 0.4) is 0 Å². The highest BCUT2D eigenvalue weighted by Gasteiger charge is 2.06. The van der Waals surface area contributed by atoms with Crippen LogP contribution in [-0.4, -0.2) is 49.3 Å². The number of ether oxygens (including phenoxy) is 1. The van der Waals surface area contributed by atoms with Crippen molar-refractivity contribution in [1.82, 2.24) is 15.6 Å². The lowest BCUT2D eigenvalue weighted by Crippen LogP contribution is -2.33. The number of nitrogens with one attached hydrogen (secondary N) is 3. The summed E-state index contributed by atoms with van der Waals surface area (Å²) in [5.41, 5.74) is -0.383. The van der Waals surface area contributed by atoms with Crippen LogP contribution < -0.4 is 16.2 Å². The molecule has 4 N–H and O–H groups in total. The van der Waals surface area contributed by atoms with Gasteiger partial charge in [-0.15, -0.1) is 0 Å². The molecule has 100 valence electrons. The minimum Gasteiger partial charge on any atom is -0.494 e. The second-order valence-corrected chi connectivity index (χ2v) is 3.62. The van der Waals surface area contributed by atoms with Crippen molar-refractivity contribution in [3.8, 4) is 5.88 Å². The molecule has 0 radical (unpaired) electrons. The third-order valence-corrected chi connectivity index (χ3v) is 2.16. The summed E-state index contributed by atoms with van der Waals surface area (Å²) in [4.78, 5) is 24.8. The summed E-state index contributed by atoms with van der Waals surface area (Å²) in [5, 5.41) is 14.8. The second kappa shape index (κ2) is 7.46. The first kappa shape index (κ1) is 14.2. The number of carbonyl (C=O) groups is 1. The molecule has 0 aliphatic heterocycles. The molecule has 1 heterocycles. The lowest BCUT2D eigenvalue weighted by molar-refractivity contribution is 0.0953. The van der Waals surface area contributed by atoms with Crippen molar-refractivity contribution in [2.45, 2.75) is 0 Å². The number of methoxy groups -OCH3 is 1. The van der Waals surface area contributed by atoms with E-state index in [-0.39, 0.29) is 11.4 Å². The molecule has 0 spiro atoms. The maximum Gasteiger partial charge on any atom is 0.251 e. The van der Waals surface area contributed by atoms with Crippen LogP contribution in [0.5, 0.6) is 5.88 Å². The van der Waals surface area contributed by atoms with Crippen LogP contribution in [0.15, 0.2) is 16.9 Å². The lowest BCUT2D eigenvalue weighted by atomic mass is 10.2. The van der Waals surface area contributed by atoms with Gasteiger partial charge < -0.3 is 20.5 Å². The molecule has 0 saturated heterocycles. The number of hydrogen-bond acceptors (Lipinski definition) is 5. The van der Waals surface area contributed by atoms with Gasteiger partial charge in [-0.05, 0) is 0 Å². The number of aromatic hydroxyl groups is 1. The Morgan fingerprint density at radius 1 is 1.39 bits per heavy atom. The normalized spacial score (nSPS) is 10.3. The van der Waals surface area contributed by atoms with Crippen molar-refractivity contribution in [2.75, 3.05) is 33.4 Å². The summed E-state index contributed by atoms with van der Waals surface area (Å²) in [6.07, 6.45) is 0. The molecular formula is C11H17N3O4. The molecule has 18 heavy (non-hydrogen) atoms. The van der Waals surface area contributed by atoms with Gasteiger partial charge in [-0.3, -0.25) is 14.6 Å². The van der Waals surface area contributed by atoms with Gasteiger partial charge >= 0.3 is 0 Å². The molecule has 0 aliphatic rings. The molecule has 1 rings (SSSR count). The van der Waals surface area contributed by atoms with Gasteiger partial charge in [-0.2, -0.15) is 0 Å². The summed E-state index contributed by atoms with van der Waals surface area (Å²) in [6.45, 7) is 2.34. The Morgan fingerprint density at radius 3 is 2.83 bits per heavy atom. The van der Waals surface area contributed by atoms with E-state index in [1.165, 1.54) is 6.07 Å². The number of amides is 1. The van der Waals surface area contributed by atoms with Gasteiger partial charge in [-0.1, -0.05) is 0 Å². The van der Waals surface area contributed by atoms with Gasteiger partial charge in [0.05, 0.1) is 12.2 Å². The smallest absolute Gasteiger partial charge is 0.251 e. The predicted octanol–water partition coefficient (Wildman–Crippen LogP) is -0.954. The van der Waals surface area contributed by atoms with Crippen LogP contribution in [0.4, 0.5) is 0 Å². The standard InChI is InChI=1S/C11H17N3O4/c1-18-5-4-12-2-3-13-11(17)8-6-9(15)14-10(16)7-8/h6-7,12H,2-5H2,1H3,(H,13,17)(H2,14,15,16). The third kappa shape index (κ3) is 4.98. The van der Waals surface area contributed by atoms with E-state index in [0.29, 0.717) is 26.2 Å². The minimum absolute atomic E-state index is 0.133. The van der Waals surface area contributed by atoms with E-state index in [4.69, 9.17) is 9.84 Å². The number of H-pyrrole nitrogens is 1. The van der Waals surface area contributed by atoms with Crippen molar-refractivity contribution < 1.29 is 14.6 Å². The molecule has 0 bridgehead atoms. The van der Waals surface area contributed by atoms with Crippen LogP contribution in [0.2, 0.25) is 0 Å². The van der Waals surface area contributed by atoms with Crippen LogP contribution in [0.25, 0.3) is 0 Å². The Hall–Kier alpha value is -1.86. The van der Waals surface area contributed by atoms with E-state index in [2.05, 4.69) is 15.6 Å². The van der Waals surface area contributed by atoms with E-state index in [1.54, 1.807) is 7.11 Å². The number of hydrogen-bond donors (Lipinski definition) is 4. The maximum absolute atomic E-state index is 11.6. The molecule has 0 aromatic carbocycles. The summed E-state index contributed by atoms with van der Waals surface area (Å²) < 4.78 is 4.85. The van der Waals surface area contributed by atoms with Gasteiger partial charge in [0.2, 0.25) is 0 Å². The summed E-state index contributed by atoms with van der Waals surface area (Å²) in [7, 11) is 1.61. The number of carbonyl (C=O) groups excluding carboxylic acids is 1. The average molecular weight is 255 g/mol. The number of aromatic amines is 1. The van der Waals surface area contributed by atoms with Crippen molar-refractivity contribution >= 4 is 5.91 Å².